The van der Waals surface area contributed by atoms with E-state index >= 15 is 0 Å². The van der Waals surface area contributed by atoms with E-state index in [1.54, 1.807) is 7.11 Å². The highest BCUT2D eigenvalue weighted by Gasteiger charge is 2.11. The maximum atomic E-state index is 5.10. The van der Waals surface area contributed by atoms with E-state index in [1.807, 2.05) is 11.8 Å². The van der Waals surface area contributed by atoms with Crippen LogP contribution >= 0.6 is 11.8 Å². The van der Waals surface area contributed by atoms with Crippen molar-refractivity contribution in [2.24, 2.45) is 0 Å². The molecule has 1 aromatic carbocycles. The van der Waals surface area contributed by atoms with Crippen LogP contribution in [0.5, 0.6) is 0 Å². The van der Waals surface area contributed by atoms with E-state index in [4.69, 9.17) is 4.74 Å². The lowest BCUT2D eigenvalue weighted by molar-refractivity contribution is 0.200. The molecule has 0 aliphatic heterocycles. The van der Waals surface area contributed by atoms with Crippen LogP contribution in [0.3, 0.4) is 0 Å². The smallest absolute Gasteiger partial charge is 0.0470 e. The Morgan fingerprint density at radius 1 is 1.20 bits per heavy atom. The number of hydrogen-bond donors (Lipinski definition) is 1. The normalized spacial score (nSPS) is 12.6. The summed E-state index contributed by atoms with van der Waals surface area (Å²) < 4.78 is 5.10. The summed E-state index contributed by atoms with van der Waals surface area (Å²) in [6.45, 7) is 8.52. The minimum Gasteiger partial charge on any atom is -0.385 e. The Labute approximate surface area is 128 Å². The van der Waals surface area contributed by atoms with Gasteiger partial charge in [0, 0.05) is 25.5 Å². The highest BCUT2D eigenvalue weighted by Crippen LogP contribution is 2.21. The summed E-state index contributed by atoms with van der Waals surface area (Å²) in [6, 6.07) is 7.33. The Kier molecular flexibility index (Phi) is 8.99. The molecule has 0 aromatic heterocycles. The number of rotatable bonds is 10. The van der Waals surface area contributed by atoms with Gasteiger partial charge in [-0.2, -0.15) is 11.8 Å². The molecule has 0 fully saturated rings. The van der Waals surface area contributed by atoms with Crippen molar-refractivity contribution in [3.63, 3.8) is 0 Å². The van der Waals surface area contributed by atoms with Gasteiger partial charge in [-0.05, 0) is 44.6 Å². The zero-order valence-electron chi connectivity index (χ0n) is 13.4. The largest absolute Gasteiger partial charge is 0.385 e. The van der Waals surface area contributed by atoms with E-state index in [1.165, 1.54) is 28.9 Å². The second-order valence-corrected chi connectivity index (χ2v) is 6.50. The van der Waals surface area contributed by atoms with Gasteiger partial charge >= 0.3 is 0 Å². The van der Waals surface area contributed by atoms with Crippen LogP contribution in [0.25, 0.3) is 0 Å². The van der Waals surface area contributed by atoms with Crippen LogP contribution in [0.2, 0.25) is 0 Å². The number of nitrogens with one attached hydrogen (secondary N) is 1. The summed E-state index contributed by atoms with van der Waals surface area (Å²) in [6.07, 6.45) is 2.31. The van der Waals surface area contributed by atoms with Crippen molar-refractivity contribution in [1.29, 1.82) is 0 Å². The minimum atomic E-state index is 0.459. The van der Waals surface area contributed by atoms with Gasteiger partial charge in [-0.25, -0.2) is 0 Å². The number of ether oxygens (including phenoxy) is 1. The SMILES string of the molecule is CCCNC(CSCCCOC)c1cc(C)cc(C)c1. The molecule has 1 unspecified atom stereocenters. The fourth-order valence-corrected chi connectivity index (χ4v) is 3.34. The molecule has 0 aliphatic carbocycles. The van der Waals surface area contributed by atoms with E-state index in [9.17, 15) is 0 Å². The quantitative estimate of drug-likeness (QED) is 0.656. The number of hydrogen-bond acceptors (Lipinski definition) is 3. The third-order valence-corrected chi connectivity index (χ3v) is 4.36. The van der Waals surface area contributed by atoms with Crippen molar-refractivity contribution < 1.29 is 4.74 Å². The van der Waals surface area contributed by atoms with Crippen molar-refractivity contribution in [3.8, 4) is 0 Å². The van der Waals surface area contributed by atoms with Gasteiger partial charge in [0.1, 0.15) is 0 Å². The van der Waals surface area contributed by atoms with Gasteiger partial charge in [-0.3, -0.25) is 0 Å². The lowest BCUT2D eigenvalue weighted by atomic mass is 10.0. The molecule has 1 rings (SSSR count). The van der Waals surface area contributed by atoms with Crippen LogP contribution in [-0.4, -0.2) is 31.8 Å². The van der Waals surface area contributed by atoms with Crippen LogP contribution in [0.1, 0.15) is 42.5 Å². The fraction of sp³-hybridized carbons (Fsp3) is 0.647. The molecule has 0 aliphatic rings. The molecule has 1 aromatic rings. The highest BCUT2D eigenvalue weighted by atomic mass is 32.2. The molecular weight excluding hydrogens is 266 g/mol. The van der Waals surface area contributed by atoms with Crippen LogP contribution in [0.15, 0.2) is 18.2 Å². The Balaban J connectivity index is 2.58. The van der Waals surface area contributed by atoms with E-state index in [-0.39, 0.29) is 0 Å². The lowest BCUT2D eigenvalue weighted by Gasteiger charge is -2.20. The van der Waals surface area contributed by atoms with Crippen LogP contribution in [0, 0.1) is 13.8 Å². The van der Waals surface area contributed by atoms with Crippen LogP contribution < -0.4 is 5.32 Å². The zero-order chi connectivity index (χ0) is 14.8. The van der Waals surface area contributed by atoms with Gasteiger partial charge in [-0.1, -0.05) is 36.2 Å². The summed E-state index contributed by atoms with van der Waals surface area (Å²) in [4.78, 5) is 0. The Morgan fingerprint density at radius 3 is 2.50 bits per heavy atom. The van der Waals surface area contributed by atoms with Gasteiger partial charge in [0.05, 0.1) is 0 Å². The third kappa shape index (κ3) is 6.78. The molecule has 0 amide bonds. The lowest BCUT2D eigenvalue weighted by Crippen LogP contribution is -2.24. The molecule has 0 spiro atoms. The minimum absolute atomic E-state index is 0.459. The first kappa shape index (κ1) is 17.5. The molecule has 0 radical (unpaired) electrons. The van der Waals surface area contributed by atoms with Crippen molar-refractivity contribution >= 4 is 11.8 Å². The standard InChI is InChI=1S/C17H29NOS/c1-5-7-18-17(13-20-9-6-8-19-4)16-11-14(2)10-15(3)12-16/h10-12,17-18H,5-9,13H2,1-4H3. The Hall–Kier alpha value is -0.510. The van der Waals surface area contributed by atoms with Gasteiger partial charge in [0.15, 0.2) is 0 Å². The molecular formula is C17H29NOS. The van der Waals surface area contributed by atoms with Crippen molar-refractivity contribution in [2.75, 3.05) is 31.8 Å². The molecule has 20 heavy (non-hydrogen) atoms. The molecule has 2 nitrogen and oxygen atoms in total. The van der Waals surface area contributed by atoms with Crippen LogP contribution in [-0.2, 0) is 4.74 Å². The number of aryl methyl sites for hydroxylation is 2. The topological polar surface area (TPSA) is 21.3 Å². The summed E-state index contributed by atoms with van der Waals surface area (Å²) in [5.41, 5.74) is 4.13. The van der Waals surface area contributed by atoms with Crippen molar-refractivity contribution in [2.45, 2.75) is 39.7 Å². The predicted octanol–water partition coefficient (Wildman–Crippen LogP) is 4.11. The Bertz CT molecular complexity index is 361. The van der Waals surface area contributed by atoms with Crippen molar-refractivity contribution in [3.05, 3.63) is 34.9 Å². The zero-order valence-corrected chi connectivity index (χ0v) is 14.2. The first-order chi connectivity index (χ1) is 9.67. The van der Waals surface area contributed by atoms with E-state index in [0.717, 1.165) is 25.3 Å². The molecule has 114 valence electrons. The summed E-state index contributed by atoms with van der Waals surface area (Å²) >= 11 is 2.02. The Morgan fingerprint density at radius 2 is 1.90 bits per heavy atom. The molecule has 3 heteroatoms. The summed E-state index contributed by atoms with van der Waals surface area (Å²) in [5, 5.41) is 3.68. The molecule has 0 saturated heterocycles. The maximum absolute atomic E-state index is 5.10. The molecule has 0 bridgehead atoms. The first-order valence-electron chi connectivity index (χ1n) is 7.55. The van der Waals surface area contributed by atoms with Gasteiger partial charge in [0.25, 0.3) is 0 Å². The molecule has 0 heterocycles. The highest BCUT2D eigenvalue weighted by molar-refractivity contribution is 7.99. The van der Waals surface area contributed by atoms with Gasteiger partial charge < -0.3 is 10.1 Å². The average Bonchev–Trinajstić information content (AvgIpc) is 2.40. The van der Waals surface area contributed by atoms with E-state index < -0.39 is 0 Å². The fourth-order valence-electron chi connectivity index (χ4n) is 2.31. The third-order valence-electron chi connectivity index (χ3n) is 3.21. The van der Waals surface area contributed by atoms with E-state index in [0.29, 0.717) is 6.04 Å². The summed E-state index contributed by atoms with van der Waals surface area (Å²) in [5.74, 6) is 2.30. The number of methoxy groups -OCH3 is 1. The second kappa shape index (κ2) is 10.3. The van der Waals surface area contributed by atoms with Gasteiger partial charge in [0.2, 0.25) is 0 Å². The van der Waals surface area contributed by atoms with Gasteiger partial charge in [-0.15, -0.1) is 0 Å². The second-order valence-electron chi connectivity index (χ2n) is 5.35. The first-order valence-corrected chi connectivity index (χ1v) is 8.71. The monoisotopic (exact) mass is 295 g/mol. The molecule has 1 N–H and O–H groups in total. The summed E-state index contributed by atoms with van der Waals surface area (Å²) in [7, 11) is 1.77. The maximum Gasteiger partial charge on any atom is 0.0470 e. The molecule has 1 atom stereocenters. The van der Waals surface area contributed by atoms with E-state index in [2.05, 4.69) is 44.3 Å². The number of benzene rings is 1. The van der Waals surface area contributed by atoms with Crippen LogP contribution in [0.4, 0.5) is 0 Å². The number of thioether (sulfide) groups is 1. The predicted molar refractivity (Wildman–Crippen MR) is 90.8 cm³/mol. The molecule has 0 saturated carbocycles. The average molecular weight is 295 g/mol. The van der Waals surface area contributed by atoms with Crippen molar-refractivity contribution in [1.82, 2.24) is 5.32 Å².